The van der Waals surface area contributed by atoms with Gasteiger partial charge in [0.05, 0.1) is 0 Å². The van der Waals surface area contributed by atoms with Crippen molar-refractivity contribution in [2.75, 3.05) is 6.26 Å². The Morgan fingerprint density at radius 3 is 2.67 bits per heavy atom. The van der Waals surface area contributed by atoms with E-state index in [2.05, 4.69) is 4.99 Å². The van der Waals surface area contributed by atoms with E-state index in [-0.39, 0.29) is 11.2 Å². The first kappa shape index (κ1) is 7.15. The normalized spacial score (nSPS) is 26.7. The smallest absolute Gasteiger partial charge is 0.219 e. The van der Waals surface area contributed by atoms with E-state index >= 15 is 0 Å². The van der Waals surface area contributed by atoms with Crippen molar-refractivity contribution in [3.05, 3.63) is 0 Å². The van der Waals surface area contributed by atoms with Crippen LogP contribution in [0.25, 0.3) is 0 Å². The molecule has 1 heterocycles. The highest BCUT2D eigenvalue weighted by Gasteiger charge is 2.22. The summed E-state index contributed by atoms with van der Waals surface area (Å²) in [6.07, 6.45) is 1.93. The molecule has 1 atom stereocenters. The van der Waals surface area contributed by atoms with E-state index in [0.29, 0.717) is 0 Å². The predicted octanol–water partition coefficient (Wildman–Crippen LogP) is 1.37. The highest BCUT2D eigenvalue weighted by Crippen LogP contribution is 2.25. The van der Waals surface area contributed by atoms with Crippen LogP contribution in [-0.4, -0.2) is 21.8 Å². The minimum atomic E-state index is -0.113. The molecule has 0 aromatic heterocycles. The van der Waals surface area contributed by atoms with E-state index in [9.17, 15) is 4.79 Å². The highest BCUT2D eigenvalue weighted by atomic mass is 32.2. The van der Waals surface area contributed by atoms with Gasteiger partial charge in [-0.2, -0.15) is 0 Å². The zero-order valence-corrected chi connectivity index (χ0v) is 6.88. The molecule has 0 amide bonds. The van der Waals surface area contributed by atoms with Crippen LogP contribution in [0.2, 0.25) is 0 Å². The number of carbonyl (C=O) groups excluding carboxylic acids is 1. The summed E-state index contributed by atoms with van der Waals surface area (Å²) in [6.45, 7) is 1.82. The Balaban J connectivity index is 2.62. The molecule has 0 bridgehead atoms. The van der Waals surface area contributed by atoms with Gasteiger partial charge in [-0.25, -0.2) is 0 Å². The number of hydrogen-bond donors (Lipinski definition) is 0. The quantitative estimate of drug-likeness (QED) is 0.537. The summed E-state index contributed by atoms with van der Waals surface area (Å²) in [6, 6.07) is -0.113. The molecule has 9 heavy (non-hydrogen) atoms. The number of rotatable bonds is 0. The second-order valence-corrected chi connectivity index (χ2v) is 3.74. The van der Waals surface area contributed by atoms with Crippen molar-refractivity contribution in [1.29, 1.82) is 0 Å². The number of carbonyl (C=O) groups is 1. The third kappa shape index (κ3) is 1.49. The van der Waals surface area contributed by atoms with Crippen molar-refractivity contribution in [2.24, 2.45) is 4.99 Å². The maximum atomic E-state index is 10.8. The predicted molar refractivity (Wildman–Crippen MR) is 43.0 cm³/mol. The third-order valence-corrected chi connectivity index (χ3v) is 3.03. The zero-order valence-electron chi connectivity index (χ0n) is 5.25. The maximum Gasteiger partial charge on any atom is 0.219 e. The van der Waals surface area contributed by atoms with E-state index < -0.39 is 0 Å². The van der Waals surface area contributed by atoms with Gasteiger partial charge in [0.25, 0.3) is 0 Å². The van der Waals surface area contributed by atoms with Crippen LogP contribution in [0, 0.1) is 0 Å². The monoisotopic (exact) mass is 161 g/mol. The van der Waals surface area contributed by atoms with Crippen LogP contribution in [0.15, 0.2) is 4.99 Å². The van der Waals surface area contributed by atoms with Gasteiger partial charge in [0.2, 0.25) is 5.12 Å². The molecule has 0 N–H and O–H groups in total. The standard InChI is InChI=1S/C5H7NOS2/c1-3-4(7)9-5(6-3)8-2/h3H,1-2H3. The van der Waals surface area contributed by atoms with Crippen LogP contribution in [0.1, 0.15) is 6.92 Å². The van der Waals surface area contributed by atoms with Crippen molar-refractivity contribution in [3.8, 4) is 0 Å². The molecular weight excluding hydrogens is 154 g/mol. The molecule has 0 saturated carbocycles. The number of aliphatic imine (C=N–C) groups is 1. The summed E-state index contributed by atoms with van der Waals surface area (Å²) < 4.78 is 0.896. The molecular formula is C5H7NOS2. The molecule has 0 fully saturated rings. The molecule has 0 spiro atoms. The molecule has 0 aromatic carbocycles. The number of nitrogens with zero attached hydrogens (tertiary/aromatic N) is 1. The first-order valence-corrected chi connectivity index (χ1v) is 4.61. The molecule has 50 valence electrons. The summed E-state index contributed by atoms with van der Waals surface area (Å²) in [4.78, 5) is 14.9. The van der Waals surface area contributed by atoms with Crippen molar-refractivity contribution >= 4 is 33.0 Å². The molecule has 0 aliphatic carbocycles. The van der Waals surface area contributed by atoms with Crippen LogP contribution < -0.4 is 0 Å². The van der Waals surface area contributed by atoms with Crippen molar-refractivity contribution in [3.63, 3.8) is 0 Å². The summed E-state index contributed by atoms with van der Waals surface area (Å²) >= 11 is 2.78. The van der Waals surface area contributed by atoms with Gasteiger partial charge in [0, 0.05) is 0 Å². The Bertz CT molecular complexity index is 166. The summed E-state index contributed by atoms with van der Waals surface area (Å²) in [7, 11) is 0. The first-order chi connectivity index (χ1) is 4.24. The van der Waals surface area contributed by atoms with Crippen molar-refractivity contribution in [1.82, 2.24) is 0 Å². The fourth-order valence-corrected chi connectivity index (χ4v) is 1.95. The number of hydrogen-bond acceptors (Lipinski definition) is 4. The molecule has 0 aromatic rings. The van der Waals surface area contributed by atoms with E-state index in [4.69, 9.17) is 0 Å². The second kappa shape index (κ2) is 2.75. The second-order valence-electron chi connectivity index (χ2n) is 1.70. The molecule has 0 radical (unpaired) electrons. The van der Waals surface area contributed by atoms with Gasteiger partial charge in [0.15, 0.2) is 0 Å². The summed E-state index contributed by atoms with van der Waals surface area (Å²) in [5.74, 6) is 0. The molecule has 4 heteroatoms. The topological polar surface area (TPSA) is 29.4 Å². The number of thioether (sulfide) groups is 2. The molecule has 1 aliphatic rings. The lowest BCUT2D eigenvalue weighted by Crippen LogP contribution is -2.02. The Kier molecular flexibility index (Phi) is 2.18. The average Bonchev–Trinajstić information content (AvgIpc) is 2.13. The zero-order chi connectivity index (χ0) is 6.85. The van der Waals surface area contributed by atoms with Crippen LogP contribution >= 0.6 is 23.5 Å². The van der Waals surface area contributed by atoms with Gasteiger partial charge in [0.1, 0.15) is 10.4 Å². The summed E-state index contributed by atoms with van der Waals surface area (Å²) in [5, 5.41) is 0.166. The van der Waals surface area contributed by atoms with Gasteiger partial charge in [-0.15, -0.1) is 11.8 Å². The SMILES string of the molecule is CSC1=NC(C)C(=O)S1. The lowest BCUT2D eigenvalue weighted by atomic mass is 10.4. The molecule has 2 nitrogen and oxygen atoms in total. The first-order valence-electron chi connectivity index (χ1n) is 2.57. The largest absolute Gasteiger partial charge is 0.284 e. The Morgan fingerprint density at radius 1 is 1.78 bits per heavy atom. The Morgan fingerprint density at radius 2 is 2.44 bits per heavy atom. The van der Waals surface area contributed by atoms with Crippen LogP contribution in [0.5, 0.6) is 0 Å². The third-order valence-electron chi connectivity index (χ3n) is 1.00. The molecule has 0 saturated heterocycles. The highest BCUT2D eigenvalue weighted by molar-refractivity contribution is 8.45. The Hall–Kier alpha value is 0.0400. The van der Waals surface area contributed by atoms with Gasteiger partial charge < -0.3 is 0 Å². The lowest BCUT2D eigenvalue weighted by molar-refractivity contribution is -0.111. The minimum absolute atomic E-state index is 0.113. The van der Waals surface area contributed by atoms with Crippen LogP contribution in [0.4, 0.5) is 0 Å². The minimum Gasteiger partial charge on any atom is -0.284 e. The van der Waals surface area contributed by atoms with Crippen LogP contribution in [-0.2, 0) is 4.79 Å². The van der Waals surface area contributed by atoms with Crippen molar-refractivity contribution < 1.29 is 4.79 Å². The fraction of sp³-hybridized carbons (Fsp3) is 0.600. The fourth-order valence-electron chi connectivity index (χ4n) is 0.503. The summed E-state index contributed by atoms with van der Waals surface area (Å²) in [5.41, 5.74) is 0. The van der Waals surface area contributed by atoms with Gasteiger partial charge in [-0.05, 0) is 24.9 Å². The van der Waals surface area contributed by atoms with E-state index in [1.54, 1.807) is 0 Å². The van der Waals surface area contributed by atoms with Gasteiger partial charge >= 0.3 is 0 Å². The lowest BCUT2D eigenvalue weighted by Gasteiger charge is -1.86. The maximum absolute atomic E-state index is 10.8. The van der Waals surface area contributed by atoms with Crippen molar-refractivity contribution in [2.45, 2.75) is 13.0 Å². The molecule has 1 unspecified atom stereocenters. The van der Waals surface area contributed by atoms with Crippen LogP contribution in [0.3, 0.4) is 0 Å². The van der Waals surface area contributed by atoms with Gasteiger partial charge in [-0.1, -0.05) is 0 Å². The average molecular weight is 161 g/mol. The molecule has 1 rings (SSSR count). The van der Waals surface area contributed by atoms with Gasteiger partial charge in [-0.3, -0.25) is 9.79 Å². The van der Waals surface area contributed by atoms with E-state index in [1.807, 2.05) is 13.2 Å². The van der Waals surface area contributed by atoms with E-state index in [1.165, 1.54) is 23.5 Å². The van der Waals surface area contributed by atoms with E-state index in [0.717, 1.165) is 4.38 Å². The Labute approximate surface area is 62.5 Å². The molecule has 1 aliphatic heterocycles.